The van der Waals surface area contributed by atoms with E-state index < -0.39 is 37.5 Å². The van der Waals surface area contributed by atoms with Crippen LogP contribution in [0, 0.1) is 0 Å². The smallest absolute Gasteiger partial charge is 0.287 e. The van der Waals surface area contributed by atoms with Crippen molar-refractivity contribution in [3.05, 3.63) is 81.9 Å². The molecule has 156 valence electrons. The first-order valence-corrected chi connectivity index (χ1v) is 10.2. The van der Waals surface area contributed by atoms with Gasteiger partial charge in [0, 0.05) is 24.2 Å². The first kappa shape index (κ1) is 22.0. The van der Waals surface area contributed by atoms with Crippen LogP contribution in [-0.4, -0.2) is 24.2 Å². The number of carbonyl (C=O) groups is 1. The Kier molecular flexibility index (Phi) is 6.02. The van der Waals surface area contributed by atoms with E-state index in [9.17, 15) is 26.4 Å². The monoisotopic (exact) mass is 475 g/mol. The Morgan fingerprint density at radius 1 is 1.07 bits per heavy atom. The Morgan fingerprint density at radius 3 is 2.43 bits per heavy atom. The van der Waals surface area contributed by atoms with Gasteiger partial charge in [0.15, 0.2) is 0 Å². The Morgan fingerprint density at radius 2 is 1.80 bits per heavy atom. The van der Waals surface area contributed by atoms with Gasteiger partial charge in [0.1, 0.15) is 5.69 Å². The number of ketones is 1. The standard InChI is InChI=1S/C18H10Cl2F3N3O3S/c19-11-6-15(16(25-9-11)17(27)10-2-1-5-24-8-10)26-30(28,29)12-3-4-14(20)13(7-12)18(21,22)23/h1-9,26H. The molecule has 0 bridgehead atoms. The molecule has 3 rings (SSSR count). The third-order valence-corrected chi connectivity index (χ3v) is 5.69. The Labute approximate surface area is 178 Å². The van der Waals surface area contributed by atoms with Crippen LogP contribution in [0.1, 0.15) is 21.6 Å². The third kappa shape index (κ3) is 4.72. The molecule has 0 spiro atoms. The third-order valence-electron chi connectivity index (χ3n) is 3.79. The van der Waals surface area contributed by atoms with Gasteiger partial charge in [-0.25, -0.2) is 13.4 Å². The number of nitrogens with one attached hydrogen (secondary N) is 1. The van der Waals surface area contributed by atoms with E-state index in [0.717, 1.165) is 24.4 Å². The molecule has 2 aromatic heterocycles. The predicted molar refractivity (Wildman–Crippen MR) is 104 cm³/mol. The highest BCUT2D eigenvalue weighted by molar-refractivity contribution is 7.92. The van der Waals surface area contributed by atoms with Gasteiger partial charge in [0.05, 0.1) is 26.2 Å². The zero-order chi connectivity index (χ0) is 22.1. The number of sulfonamides is 1. The summed E-state index contributed by atoms with van der Waals surface area (Å²) in [6.45, 7) is 0. The van der Waals surface area contributed by atoms with E-state index in [4.69, 9.17) is 23.2 Å². The van der Waals surface area contributed by atoms with Crippen LogP contribution in [0.4, 0.5) is 18.9 Å². The summed E-state index contributed by atoms with van der Waals surface area (Å²) in [6.07, 6.45) is -1.03. The molecule has 0 aliphatic rings. The van der Waals surface area contributed by atoms with Gasteiger partial charge in [-0.05, 0) is 36.4 Å². The molecule has 0 atom stereocenters. The van der Waals surface area contributed by atoms with Gasteiger partial charge in [-0.3, -0.25) is 14.5 Å². The lowest BCUT2D eigenvalue weighted by Crippen LogP contribution is -2.18. The molecule has 30 heavy (non-hydrogen) atoms. The Balaban J connectivity index is 2.04. The maximum atomic E-state index is 13.1. The fraction of sp³-hybridized carbons (Fsp3) is 0.0556. The SMILES string of the molecule is O=C(c1cccnc1)c1ncc(Cl)cc1NS(=O)(=O)c1ccc(Cl)c(C(F)(F)F)c1. The van der Waals surface area contributed by atoms with Gasteiger partial charge in [0.25, 0.3) is 10.0 Å². The van der Waals surface area contributed by atoms with E-state index in [1.54, 1.807) is 0 Å². The Hall–Kier alpha value is -2.69. The molecule has 3 aromatic rings. The zero-order valence-electron chi connectivity index (χ0n) is 14.6. The van der Waals surface area contributed by atoms with E-state index in [1.165, 1.54) is 24.5 Å². The number of pyridine rings is 2. The van der Waals surface area contributed by atoms with Crippen LogP contribution < -0.4 is 4.72 Å². The number of halogens is 5. The molecule has 1 N–H and O–H groups in total. The van der Waals surface area contributed by atoms with Crippen LogP contribution in [-0.2, 0) is 16.2 Å². The van der Waals surface area contributed by atoms with Gasteiger partial charge >= 0.3 is 6.18 Å². The molecule has 12 heteroatoms. The van der Waals surface area contributed by atoms with Gasteiger partial charge in [-0.1, -0.05) is 23.2 Å². The Bertz CT molecular complexity index is 1220. The largest absolute Gasteiger partial charge is 0.417 e. The quantitative estimate of drug-likeness (QED) is 0.533. The summed E-state index contributed by atoms with van der Waals surface area (Å²) in [5.41, 5.74) is -1.80. The summed E-state index contributed by atoms with van der Waals surface area (Å²) < 4.78 is 66.7. The average molecular weight is 476 g/mol. The first-order chi connectivity index (χ1) is 14.0. The summed E-state index contributed by atoms with van der Waals surface area (Å²) in [5.74, 6) is -0.662. The van der Waals surface area contributed by atoms with Crippen LogP contribution >= 0.6 is 23.2 Å². The number of alkyl halides is 3. The van der Waals surface area contributed by atoms with Crippen LogP contribution in [0.25, 0.3) is 0 Å². The predicted octanol–water partition coefficient (Wildman–Crippen LogP) is 4.83. The van der Waals surface area contributed by atoms with Gasteiger partial charge in [-0.2, -0.15) is 13.2 Å². The minimum absolute atomic E-state index is 0.00234. The molecular formula is C18H10Cl2F3N3O3S. The lowest BCUT2D eigenvalue weighted by Gasteiger charge is -2.14. The maximum Gasteiger partial charge on any atom is 0.417 e. The number of hydrogen-bond acceptors (Lipinski definition) is 5. The van der Waals surface area contributed by atoms with Crippen molar-refractivity contribution in [3.63, 3.8) is 0 Å². The molecular weight excluding hydrogens is 466 g/mol. The van der Waals surface area contributed by atoms with Crippen molar-refractivity contribution in [2.24, 2.45) is 0 Å². The fourth-order valence-corrected chi connectivity index (χ4v) is 3.89. The summed E-state index contributed by atoms with van der Waals surface area (Å²) in [6, 6.07) is 6.18. The van der Waals surface area contributed by atoms with Crippen LogP contribution in [0.3, 0.4) is 0 Å². The summed E-state index contributed by atoms with van der Waals surface area (Å²) in [5, 5.41) is -0.652. The summed E-state index contributed by atoms with van der Waals surface area (Å²) in [7, 11) is -4.54. The van der Waals surface area contributed by atoms with Crippen molar-refractivity contribution in [1.29, 1.82) is 0 Å². The topological polar surface area (TPSA) is 89.0 Å². The maximum absolute atomic E-state index is 13.1. The minimum atomic E-state index is -4.86. The zero-order valence-corrected chi connectivity index (χ0v) is 16.9. The van der Waals surface area contributed by atoms with Crippen molar-refractivity contribution >= 4 is 44.7 Å². The molecule has 0 aliphatic carbocycles. The number of benzene rings is 1. The minimum Gasteiger partial charge on any atom is -0.287 e. The van der Waals surface area contributed by atoms with Crippen LogP contribution in [0.15, 0.2) is 59.9 Å². The highest BCUT2D eigenvalue weighted by Crippen LogP contribution is 2.36. The van der Waals surface area contributed by atoms with E-state index in [2.05, 4.69) is 14.7 Å². The molecule has 0 unspecified atom stereocenters. The number of carbonyl (C=O) groups excluding carboxylic acids is 1. The van der Waals surface area contributed by atoms with E-state index >= 15 is 0 Å². The average Bonchev–Trinajstić information content (AvgIpc) is 2.67. The highest BCUT2D eigenvalue weighted by Gasteiger charge is 2.34. The molecule has 1 aromatic carbocycles. The second-order valence-electron chi connectivity index (χ2n) is 5.87. The van der Waals surface area contributed by atoms with Crippen LogP contribution in [0.2, 0.25) is 10.0 Å². The van der Waals surface area contributed by atoms with Crippen molar-refractivity contribution in [2.45, 2.75) is 11.1 Å². The van der Waals surface area contributed by atoms with Gasteiger partial charge in [-0.15, -0.1) is 0 Å². The molecule has 0 saturated heterocycles. The van der Waals surface area contributed by atoms with E-state index in [-0.39, 0.29) is 22.0 Å². The van der Waals surface area contributed by atoms with Crippen molar-refractivity contribution < 1.29 is 26.4 Å². The van der Waals surface area contributed by atoms with E-state index in [0.29, 0.717) is 6.07 Å². The lowest BCUT2D eigenvalue weighted by atomic mass is 10.1. The number of anilines is 1. The molecule has 0 saturated carbocycles. The van der Waals surface area contributed by atoms with Crippen molar-refractivity contribution in [3.8, 4) is 0 Å². The molecule has 0 radical (unpaired) electrons. The fourth-order valence-electron chi connectivity index (χ4n) is 2.42. The van der Waals surface area contributed by atoms with Gasteiger partial charge in [0.2, 0.25) is 5.78 Å². The van der Waals surface area contributed by atoms with Gasteiger partial charge < -0.3 is 0 Å². The van der Waals surface area contributed by atoms with E-state index in [1.807, 2.05) is 0 Å². The lowest BCUT2D eigenvalue weighted by molar-refractivity contribution is -0.137. The second-order valence-corrected chi connectivity index (χ2v) is 8.39. The number of nitrogens with zero attached hydrogens (tertiary/aromatic N) is 2. The van der Waals surface area contributed by atoms with Crippen molar-refractivity contribution in [1.82, 2.24) is 9.97 Å². The molecule has 2 heterocycles. The van der Waals surface area contributed by atoms with Crippen molar-refractivity contribution in [2.75, 3.05) is 4.72 Å². The summed E-state index contributed by atoms with van der Waals surface area (Å²) in [4.78, 5) is 19.7. The molecule has 0 fully saturated rings. The number of aromatic nitrogens is 2. The molecule has 6 nitrogen and oxygen atoms in total. The number of hydrogen-bond donors (Lipinski definition) is 1. The highest BCUT2D eigenvalue weighted by atomic mass is 35.5. The second kappa shape index (κ2) is 8.21. The molecule has 0 amide bonds. The molecule has 0 aliphatic heterocycles. The summed E-state index contributed by atoms with van der Waals surface area (Å²) >= 11 is 11.4. The number of rotatable bonds is 5. The normalized spacial score (nSPS) is 11.9. The van der Waals surface area contributed by atoms with Crippen LogP contribution in [0.5, 0.6) is 0 Å². The first-order valence-electron chi connectivity index (χ1n) is 7.99.